The number of hydrogen-bond donors (Lipinski definition) is 2. The van der Waals surface area contributed by atoms with Crippen molar-refractivity contribution in [2.75, 3.05) is 20.8 Å². The van der Waals surface area contributed by atoms with Gasteiger partial charge in [0, 0.05) is 23.9 Å². The molecule has 0 aliphatic rings. The van der Waals surface area contributed by atoms with Crippen molar-refractivity contribution in [1.29, 1.82) is 0 Å². The summed E-state index contributed by atoms with van der Waals surface area (Å²) in [5, 5.41) is 11.4. The number of ether oxygens (including phenoxy) is 2. The summed E-state index contributed by atoms with van der Waals surface area (Å²) in [4.78, 5) is 58.8. The lowest BCUT2D eigenvalue weighted by Gasteiger charge is -2.24. The zero-order valence-corrected chi connectivity index (χ0v) is 22.3. The monoisotopic (exact) mass is 545 g/mol. The fourth-order valence-electron chi connectivity index (χ4n) is 3.96. The smallest absolute Gasteiger partial charge is 0.310 e. The molecule has 2 heterocycles. The van der Waals surface area contributed by atoms with Gasteiger partial charge in [0.1, 0.15) is 10.8 Å². The largest absolute Gasteiger partial charge is 0.469 e. The molecule has 0 aliphatic heterocycles. The van der Waals surface area contributed by atoms with Gasteiger partial charge in [0.2, 0.25) is 0 Å². The van der Waals surface area contributed by atoms with Crippen molar-refractivity contribution in [2.24, 2.45) is 0 Å². The Kier molecular flexibility index (Phi) is 9.02. The molecule has 202 valence electrons. The second-order valence-electron chi connectivity index (χ2n) is 8.80. The first kappa shape index (κ1) is 28.5. The minimum absolute atomic E-state index is 0.0896. The van der Waals surface area contributed by atoms with Gasteiger partial charge < -0.3 is 24.3 Å². The molecule has 12 nitrogen and oxygen atoms in total. The molecule has 13 heteroatoms. The number of aryl methyl sites for hydroxylation is 2. The molecular weight excluding hydrogens is 518 g/mol. The molecule has 3 aromatic rings. The number of hydrogen-bond acceptors (Lipinski definition) is 8. The molecule has 3 rings (SSSR count). The summed E-state index contributed by atoms with van der Waals surface area (Å²) in [7, 11) is 2.82. The maximum absolute atomic E-state index is 12.9. The number of nitrogens with zero attached hydrogens (tertiary/aromatic N) is 3. The highest BCUT2D eigenvalue weighted by molar-refractivity contribution is 6.33. The third-order valence-corrected chi connectivity index (χ3v) is 6.26. The van der Waals surface area contributed by atoms with Crippen LogP contribution in [0, 0.1) is 24.0 Å². The van der Waals surface area contributed by atoms with Crippen LogP contribution in [0.1, 0.15) is 50.5 Å². The highest BCUT2D eigenvalue weighted by Crippen LogP contribution is 2.35. The molecule has 38 heavy (non-hydrogen) atoms. The van der Waals surface area contributed by atoms with Crippen molar-refractivity contribution in [2.45, 2.75) is 39.8 Å². The first-order valence-electron chi connectivity index (χ1n) is 11.6. The number of halogens is 1. The summed E-state index contributed by atoms with van der Waals surface area (Å²) in [5.41, 5.74) is 2.45. The topological polar surface area (TPSA) is 161 Å². The Hall–Kier alpha value is -4.03. The van der Waals surface area contributed by atoms with Crippen LogP contribution in [0.25, 0.3) is 11.3 Å². The average molecular weight is 546 g/mol. The molecule has 1 aromatic carbocycles. The van der Waals surface area contributed by atoms with Crippen molar-refractivity contribution in [3.05, 3.63) is 67.4 Å². The average Bonchev–Trinajstić information content (AvgIpc) is 3.43. The molecule has 0 bridgehead atoms. The zero-order valence-electron chi connectivity index (χ0n) is 21.6. The van der Waals surface area contributed by atoms with Crippen LogP contribution in [0.15, 0.2) is 18.2 Å². The summed E-state index contributed by atoms with van der Waals surface area (Å²) in [6.07, 6.45) is 0.276. The Balaban J connectivity index is 1.77. The predicted molar refractivity (Wildman–Crippen MR) is 138 cm³/mol. The molecule has 0 radical (unpaired) electrons. The first-order chi connectivity index (χ1) is 18.0. The van der Waals surface area contributed by atoms with Crippen LogP contribution in [0.4, 0.5) is 5.69 Å². The summed E-state index contributed by atoms with van der Waals surface area (Å²) in [6, 6.07) is 4.20. The van der Waals surface area contributed by atoms with E-state index in [1.807, 2.05) is 6.92 Å². The third kappa shape index (κ3) is 6.26. The molecule has 0 saturated carbocycles. The van der Waals surface area contributed by atoms with Crippen molar-refractivity contribution in [3.63, 3.8) is 0 Å². The second-order valence-corrected chi connectivity index (χ2v) is 9.21. The number of H-pyrrole nitrogens is 2. The van der Waals surface area contributed by atoms with E-state index in [-0.39, 0.29) is 59.1 Å². The number of rotatable bonds is 11. The number of likely N-dealkylation sites (N-methyl/N-ethyl adjacent to an activating group) is 1. The van der Waals surface area contributed by atoms with Crippen LogP contribution >= 0.6 is 11.6 Å². The standard InChI is InChI=1S/C25H28ClN5O7/c1-13-6-18(20(10-32)27-13)25(34)30(4)14(2)11-38-12-21-23(29-15(3)28-21)16-7-17(9-22(33)37-5)24(31(35)36)19(26)8-16/h6-8,10,14,27H,9,11-12H2,1-5H3,(H,28,29). The van der Waals surface area contributed by atoms with Crippen molar-refractivity contribution in [3.8, 4) is 11.3 Å². The van der Waals surface area contributed by atoms with E-state index < -0.39 is 10.9 Å². The molecule has 2 N–H and O–H groups in total. The highest BCUT2D eigenvalue weighted by Gasteiger charge is 2.25. The van der Waals surface area contributed by atoms with Gasteiger partial charge in [-0.1, -0.05) is 11.6 Å². The van der Waals surface area contributed by atoms with E-state index in [9.17, 15) is 24.5 Å². The van der Waals surface area contributed by atoms with Crippen LogP contribution in [-0.2, 0) is 27.3 Å². The van der Waals surface area contributed by atoms with E-state index in [4.69, 9.17) is 16.3 Å². The van der Waals surface area contributed by atoms with E-state index in [2.05, 4.69) is 19.7 Å². The van der Waals surface area contributed by atoms with Gasteiger partial charge in [0.25, 0.3) is 11.6 Å². The molecule has 1 atom stereocenters. The Morgan fingerprint density at radius 3 is 2.61 bits per heavy atom. The van der Waals surface area contributed by atoms with Gasteiger partial charge in [-0.3, -0.25) is 24.5 Å². The zero-order chi connectivity index (χ0) is 28.1. The molecule has 0 saturated heterocycles. The Bertz CT molecular complexity index is 1380. The molecular formula is C25H28ClN5O7. The lowest BCUT2D eigenvalue weighted by atomic mass is 10.0. The van der Waals surface area contributed by atoms with Crippen molar-refractivity contribution in [1.82, 2.24) is 19.9 Å². The number of esters is 1. The van der Waals surface area contributed by atoms with Gasteiger partial charge in [-0.2, -0.15) is 0 Å². The summed E-state index contributed by atoms with van der Waals surface area (Å²) in [6.45, 7) is 5.58. The third-order valence-electron chi connectivity index (χ3n) is 5.98. The molecule has 0 aliphatic carbocycles. The Labute approximate surface area is 223 Å². The second kappa shape index (κ2) is 12.0. The number of methoxy groups -OCH3 is 1. The normalized spacial score (nSPS) is 11.7. The van der Waals surface area contributed by atoms with Gasteiger partial charge in [-0.15, -0.1) is 0 Å². The molecule has 2 aromatic heterocycles. The number of imidazole rings is 1. The van der Waals surface area contributed by atoms with E-state index in [0.29, 0.717) is 34.8 Å². The van der Waals surface area contributed by atoms with Crippen LogP contribution in [0.5, 0.6) is 0 Å². The van der Waals surface area contributed by atoms with Gasteiger partial charge in [-0.25, -0.2) is 4.98 Å². The molecule has 0 spiro atoms. The first-order valence-corrected chi connectivity index (χ1v) is 11.9. The lowest BCUT2D eigenvalue weighted by molar-refractivity contribution is -0.385. The number of aromatic amines is 2. The Morgan fingerprint density at radius 1 is 1.26 bits per heavy atom. The molecule has 1 amide bonds. The number of aromatic nitrogens is 3. The van der Waals surface area contributed by atoms with Crippen LogP contribution < -0.4 is 0 Å². The predicted octanol–water partition coefficient (Wildman–Crippen LogP) is 3.79. The number of aldehydes is 1. The Morgan fingerprint density at radius 2 is 1.97 bits per heavy atom. The van der Waals surface area contributed by atoms with E-state index in [1.165, 1.54) is 24.1 Å². The molecule has 0 fully saturated rings. The van der Waals surface area contributed by atoms with Gasteiger partial charge in [-0.05, 0) is 39.0 Å². The number of nitro groups is 1. The number of nitro benzene ring substituents is 1. The van der Waals surface area contributed by atoms with E-state index in [1.54, 1.807) is 27.0 Å². The molecule has 1 unspecified atom stereocenters. The van der Waals surface area contributed by atoms with E-state index in [0.717, 1.165) is 0 Å². The number of carbonyl (C=O) groups is 3. The number of amides is 1. The van der Waals surface area contributed by atoms with Gasteiger partial charge >= 0.3 is 5.97 Å². The minimum atomic E-state index is -0.647. The number of nitrogens with one attached hydrogen (secondary N) is 2. The maximum atomic E-state index is 12.9. The van der Waals surface area contributed by atoms with Crippen LogP contribution in [-0.4, -0.2) is 69.7 Å². The van der Waals surface area contributed by atoms with Gasteiger partial charge in [0.15, 0.2) is 6.29 Å². The van der Waals surface area contributed by atoms with Crippen LogP contribution in [0.2, 0.25) is 5.02 Å². The van der Waals surface area contributed by atoms with Crippen molar-refractivity contribution < 1.29 is 28.8 Å². The lowest BCUT2D eigenvalue weighted by Crippen LogP contribution is -2.38. The summed E-state index contributed by atoms with van der Waals surface area (Å²) < 4.78 is 10.5. The highest BCUT2D eigenvalue weighted by atomic mass is 35.5. The quantitative estimate of drug-likeness (QED) is 0.159. The number of carbonyl (C=O) groups excluding carboxylic acids is 3. The number of benzene rings is 1. The van der Waals surface area contributed by atoms with Crippen molar-refractivity contribution >= 4 is 35.5 Å². The van der Waals surface area contributed by atoms with Crippen LogP contribution in [0.3, 0.4) is 0 Å². The fourth-order valence-corrected chi connectivity index (χ4v) is 4.26. The summed E-state index contributed by atoms with van der Waals surface area (Å²) >= 11 is 6.22. The SMILES string of the molecule is COC(=O)Cc1cc(-c2nc(C)[nH]c2COCC(C)N(C)C(=O)c2cc(C)[nH]c2C=O)cc(Cl)c1[N+](=O)[O-]. The maximum Gasteiger partial charge on any atom is 0.310 e. The van der Waals surface area contributed by atoms with E-state index >= 15 is 0 Å². The van der Waals surface area contributed by atoms with Gasteiger partial charge in [0.05, 0.1) is 60.4 Å². The summed E-state index contributed by atoms with van der Waals surface area (Å²) in [5.74, 6) is -0.387. The fraction of sp³-hybridized carbons (Fsp3) is 0.360. The minimum Gasteiger partial charge on any atom is -0.469 e.